The Hall–Kier alpha value is -3.55. The predicted molar refractivity (Wildman–Crippen MR) is 94.6 cm³/mol. The molecule has 0 bridgehead atoms. The van der Waals surface area contributed by atoms with Gasteiger partial charge in [0.2, 0.25) is 0 Å². The third-order valence-electron chi connectivity index (χ3n) is 3.41. The van der Waals surface area contributed by atoms with Gasteiger partial charge in [-0.05, 0) is 36.4 Å². The van der Waals surface area contributed by atoms with Crippen LogP contribution in [0.25, 0.3) is 0 Å². The van der Waals surface area contributed by atoms with Gasteiger partial charge in [-0.2, -0.15) is 0 Å². The van der Waals surface area contributed by atoms with Gasteiger partial charge in [0, 0.05) is 17.4 Å². The maximum atomic E-state index is 12.0. The van der Waals surface area contributed by atoms with Crippen LogP contribution in [0.1, 0.15) is 10.4 Å². The highest BCUT2D eigenvalue weighted by Gasteiger charge is 2.15. The fourth-order valence-corrected chi connectivity index (χ4v) is 2.10. The molecule has 0 aliphatic rings. The van der Waals surface area contributed by atoms with Gasteiger partial charge in [0.05, 0.1) is 26.9 Å². The van der Waals surface area contributed by atoms with E-state index in [2.05, 4.69) is 15.4 Å². The Morgan fingerprint density at radius 3 is 1.81 bits per heavy atom. The molecule has 0 fully saturated rings. The fraction of sp³-hybridized carbons (Fsp3) is 0.167. The first kappa shape index (κ1) is 18.8. The number of methoxy groups -OCH3 is 3. The summed E-state index contributed by atoms with van der Waals surface area (Å²) in [4.78, 5) is 35.4. The van der Waals surface area contributed by atoms with Crippen LogP contribution in [-0.4, -0.2) is 39.1 Å². The van der Waals surface area contributed by atoms with E-state index >= 15 is 0 Å². The summed E-state index contributed by atoms with van der Waals surface area (Å²) < 4.78 is 14.8. The Morgan fingerprint density at radius 2 is 1.27 bits per heavy atom. The zero-order valence-corrected chi connectivity index (χ0v) is 14.5. The maximum Gasteiger partial charge on any atom is 0.337 e. The van der Waals surface area contributed by atoms with E-state index in [0.717, 1.165) is 0 Å². The average molecular weight is 358 g/mol. The number of nitrogens with one attached hydrogen (secondary N) is 2. The summed E-state index contributed by atoms with van der Waals surface area (Å²) in [5.41, 5.74) is 1.08. The second-order valence-corrected chi connectivity index (χ2v) is 5.05. The first-order valence-corrected chi connectivity index (χ1v) is 7.51. The smallest absolute Gasteiger partial charge is 0.337 e. The Bertz CT molecular complexity index is 817. The molecule has 0 saturated carbocycles. The Balaban J connectivity index is 2.01. The van der Waals surface area contributed by atoms with Crippen molar-refractivity contribution in [3.63, 3.8) is 0 Å². The van der Waals surface area contributed by atoms with Crippen molar-refractivity contribution in [2.24, 2.45) is 0 Å². The third-order valence-corrected chi connectivity index (χ3v) is 3.41. The second kappa shape index (κ2) is 8.52. The van der Waals surface area contributed by atoms with E-state index in [1.807, 2.05) is 0 Å². The first-order valence-electron chi connectivity index (χ1n) is 7.51. The fourth-order valence-electron chi connectivity index (χ4n) is 2.10. The molecule has 0 unspecified atom stereocenters. The molecule has 8 nitrogen and oxygen atoms in total. The van der Waals surface area contributed by atoms with Gasteiger partial charge in [0.1, 0.15) is 0 Å². The van der Waals surface area contributed by atoms with Crippen LogP contribution in [0.15, 0.2) is 42.5 Å². The summed E-state index contributed by atoms with van der Waals surface area (Å²) in [5, 5.41) is 4.90. The number of ether oxygens (including phenoxy) is 3. The highest BCUT2D eigenvalue weighted by Crippen LogP contribution is 2.29. The normalized spacial score (nSPS) is 9.81. The highest BCUT2D eigenvalue weighted by molar-refractivity contribution is 6.43. The molecule has 0 aliphatic heterocycles. The molecular weight excluding hydrogens is 340 g/mol. The number of benzene rings is 2. The topological polar surface area (TPSA) is 103 Å². The van der Waals surface area contributed by atoms with Gasteiger partial charge in [0.15, 0.2) is 11.5 Å². The summed E-state index contributed by atoms with van der Waals surface area (Å²) in [5.74, 6) is -1.28. The molecule has 2 N–H and O–H groups in total. The quantitative estimate of drug-likeness (QED) is 0.626. The van der Waals surface area contributed by atoms with Crippen LogP contribution in [0.5, 0.6) is 11.5 Å². The van der Waals surface area contributed by atoms with Gasteiger partial charge in [-0.1, -0.05) is 0 Å². The second-order valence-electron chi connectivity index (χ2n) is 5.05. The van der Waals surface area contributed by atoms with Crippen molar-refractivity contribution < 1.29 is 28.6 Å². The summed E-state index contributed by atoms with van der Waals surface area (Å²) in [6, 6.07) is 10.7. The largest absolute Gasteiger partial charge is 0.493 e. The summed E-state index contributed by atoms with van der Waals surface area (Å²) in [6.45, 7) is 0. The molecule has 26 heavy (non-hydrogen) atoms. The zero-order valence-electron chi connectivity index (χ0n) is 14.5. The third kappa shape index (κ3) is 4.50. The minimum atomic E-state index is -0.856. The number of carbonyl (C=O) groups excluding carboxylic acids is 3. The predicted octanol–water partition coefficient (Wildman–Crippen LogP) is 2.07. The molecule has 0 heterocycles. The van der Waals surface area contributed by atoms with Gasteiger partial charge in [-0.3, -0.25) is 9.59 Å². The molecule has 2 amide bonds. The van der Waals surface area contributed by atoms with E-state index in [9.17, 15) is 14.4 Å². The van der Waals surface area contributed by atoms with Crippen molar-refractivity contribution in [2.75, 3.05) is 32.0 Å². The van der Waals surface area contributed by atoms with Crippen molar-refractivity contribution in [1.82, 2.24) is 0 Å². The van der Waals surface area contributed by atoms with Crippen LogP contribution >= 0.6 is 0 Å². The van der Waals surface area contributed by atoms with E-state index in [4.69, 9.17) is 9.47 Å². The van der Waals surface area contributed by atoms with Crippen molar-refractivity contribution in [2.45, 2.75) is 0 Å². The Morgan fingerprint density at radius 1 is 0.731 bits per heavy atom. The van der Waals surface area contributed by atoms with Crippen LogP contribution < -0.4 is 20.1 Å². The number of anilines is 2. The van der Waals surface area contributed by atoms with Gasteiger partial charge in [-0.25, -0.2) is 4.79 Å². The van der Waals surface area contributed by atoms with E-state index in [-0.39, 0.29) is 0 Å². The first-order chi connectivity index (χ1) is 12.5. The van der Waals surface area contributed by atoms with E-state index < -0.39 is 17.8 Å². The molecule has 136 valence electrons. The van der Waals surface area contributed by atoms with E-state index in [1.54, 1.807) is 12.1 Å². The Kier molecular flexibility index (Phi) is 6.15. The molecule has 2 aromatic rings. The lowest BCUT2D eigenvalue weighted by Crippen LogP contribution is -2.29. The number of hydrogen-bond acceptors (Lipinski definition) is 6. The monoisotopic (exact) mass is 358 g/mol. The highest BCUT2D eigenvalue weighted by atomic mass is 16.5. The molecule has 0 aliphatic carbocycles. The Labute approximate surface area is 150 Å². The van der Waals surface area contributed by atoms with Crippen molar-refractivity contribution >= 4 is 29.2 Å². The molecule has 0 radical (unpaired) electrons. The molecular formula is C18H18N2O6. The molecule has 0 atom stereocenters. The summed E-state index contributed by atoms with van der Waals surface area (Å²) in [7, 11) is 4.24. The van der Waals surface area contributed by atoms with Crippen molar-refractivity contribution in [3.05, 3.63) is 48.0 Å². The lowest BCUT2D eigenvalue weighted by molar-refractivity contribution is -0.132. The molecule has 0 aromatic heterocycles. The van der Waals surface area contributed by atoms with Gasteiger partial charge >= 0.3 is 17.8 Å². The van der Waals surface area contributed by atoms with Crippen LogP contribution in [0.4, 0.5) is 11.4 Å². The van der Waals surface area contributed by atoms with Gasteiger partial charge in [-0.15, -0.1) is 0 Å². The number of hydrogen-bond donors (Lipinski definition) is 2. The minimum Gasteiger partial charge on any atom is -0.493 e. The lowest BCUT2D eigenvalue weighted by Gasteiger charge is -2.10. The minimum absolute atomic E-state index is 0.334. The van der Waals surface area contributed by atoms with Crippen LogP contribution in [0.2, 0.25) is 0 Å². The number of esters is 1. The molecule has 0 spiro atoms. The number of carbonyl (C=O) groups is 3. The SMILES string of the molecule is COC(=O)c1ccc(NC(=O)C(=O)Nc2ccc(OC)c(OC)c2)cc1. The zero-order chi connectivity index (χ0) is 19.1. The number of amides is 2. The average Bonchev–Trinajstić information content (AvgIpc) is 2.67. The summed E-state index contributed by atoms with van der Waals surface area (Å²) in [6.07, 6.45) is 0. The molecule has 2 rings (SSSR count). The van der Waals surface area contributed by atoms with Crippen LogP contribution in [0, 0.1) is 0 Å². The van der Waals surface area contributed by atoms with Gasteiger partial charge in [0.25, 0.3) is 0 Å². The van der Waals surface area contributed by atoms with E-state index in [1.165, 1.54) is 51.7 Å². The van der Waals surface area contributed by atoms with Crippen LogP contribution in [-0.2, 0) is 14.3 Å². The molecule has 2 aromatic carbocycles. The molecule has 0 saturated heterocycles. The number of rotatable bonds is 5. The lowest BCUT2D eigenvalue weighted by atomic mass is 10.2. The van der Waals surface area contributed by atoms with Crippen molar-refractivity contribution in [3.8, 4) is 11.5 Å². The van der Waals surface area contributed by atoms with Crippen LogP contribution in [0.3, 0.4) is 0 Å². The summed E-state index contributed by atoms with van der Waals surface area (Å²) >= 11 is 0. The molecule has 8 heteroatoms. The van der Waals surface area contributed by atoms with E-state index in [0.29, 0.717) is 28.4 Å². The standard InChI is InChI=1S/C18H18N2O6/c1-24-14-9-8-13(10-15(14)25-2)20-17(22)16(21)19-12-6-4-11(5-7-12)18(23)26-3/h4-10H,1-3H3,(H,19,21)(H,20,22). The van der Waals surface area contributed by atoms with Crippen molar-refractivity contribution in [1.29, 1.82) is 0 Å². The van der Waals surface area contributed by atoms with Gasteiger partial charge < -0.3 is 24.8 Å². The maximum absolute atomic E-state index is 12.0.